The fraction of sp³-hybridized carbons (Fsp3) is 0.462. The van der Waals surface area contributed by atoms with E-state index in [1.54, 1.807) is 14.2 Å². The summed E-state index contributed by atoms with van der Waals surface area (Å²) in [6, 6.07) is 18.6. The largest absolute Gasteiger partial charge is 0.497 e. The monoisotopic (exact) mass is 564 g/mol. The summed E-state index contributed by atoms with van der Waals surface area (Å²) in [7, 11) is 3.47. The number of nitrogens with zero attached hydrogens (tertiary/aromatic N) is 2. The Bertz CT molecular complexity index is 874. The third kappa shape index (κ3) is 8.53. The summed E-state index contributed by atoms with van der Waals surface area (Å²) in [4.78, 5) is 18.7. The Hall–Kier alpha value is -2.29. The zero-order chi connectivity index (χ0) is 22.8. The van der Waals surface area contributed by atoms with Crippen LogP contribution in [0, 0.1) is 5.92 Å². The van der Waals surface area contributed by atoms with E-state index in [1.165, 1.54) is 11.1 Å². The van der Waals surface area contributed by atoms with Crippen LogP contribution in [0.15, 0.2) is 59.6 Å². The highest BCUT2D eigenvalue weighted by atomic mass is 127. The Morgan fingerprint density at radius 1 is 1.15 bits per heavy atom. The summed E-state index contributed by atoms with van der Waals surface area (Å²) in [5.74, 6) is 2.69. The number of guanidine groups is 1. The molecule has 2 aromatic carbocycles. The number of halogens is 1. The Balaban J connectivity index is 0.00000385. The fourth-order valence-electron chi connectivity index (χ4n) is 4.08. The minimum atomic E-state index is 0. The molecule has 0 saturated carbocycles. The van der Waals surface area contributed by atoms with Gasteiger partial charge < -0.3 is 20.3 Å². The van der Waals surface area contributed by atoms with Gasteiger partial charge in [-0.05, 0) is 42.0 Å². The predicted molar refractivity (Wildman–Crippen MR) is 146 cm³/mol. The molecule has 0 spiro atoms. The van der Waals surface area contributed by atoms with Crippen molar-refractivity contribution in [2.24, 2.45) is 10.9 Å². The molecule has 2 N–H and O–H groups in total. The topological polar surface area (TPSA) is 66.0 Å². The minimum Gasteiger partial charge on any atom is -0.497 e. The van der Waals surface area contributed by atoms with Crippen LogP contribution in [-0.4, -0.2) is 57.1 Å². The van der Waals surface area contributed by atoms with Crippen LogP contribution < -0.4 is 15.4 Å². The van der Waals surface area contributed by atoms with E-state index in [4.69, 9.17) is 4.74 Å². The number of nitrogens with one attached hydrogen (secondary N) is 2. The molecule has 7 heteroatoms. The molecule has 1 amide bonds. The van der Waals surface area contributed by atoms with Gasteiger partial charge in [0.2, 0.25) is 5.91 Å². The summed E-state index contributed by atoms with van der Waals surface area (Å²) in [6.45, 7) is 5.41. The summed E-state index contributed by atoms with van der Waals surface area (Å²) >= 11 is 0. The van der Waals surface area contributed by atoms with Crippen molar-refractivity contribution in [3.63, 3.8) is 0 Å². The number of rotatable bonds is 10. The Kier molecular flexibility index (Phi) is 11.5. The Morgan fingerprint density at radius 2 is 1.88 bits per heavy atom. The highest BCUT2D eigenvalue weighted by Gasteiger charge is 2.29. The molecule has 0 radical (unpaired) electrons. The maximum atomic E-state index is 12.4. The highest BCUT2D eigenvalue weighted by molar-refractivity contribution is 14.0. The van der Waals surface area contributed by atoms with Gasteiger partial charge in [-0.2, -0.15) is 0 Å². The minimum absolute atomic E-state index is 0. The van der Waals surface area contributed by atoms with Gasteiger partial charge in [0.1, 0.15) is 5.75 Å². The number of hydrogen-bond donors (Lipinski definition) is 2. The van der Waals surface area contributed by atoms with E-state index in [-0.39, 0.29) is 29.9 Å². The van der Waals surface area contributed by atoms with E-state index in [2.05, 4.69) is 46.8 Å². The Morgan fingerprint density at radius 3 is 2.55 bits per heavy atom. The second-order valence-electron chi connectivity index (χ2n) is 8.49. The van der Waals surface area contributed by atoms with Crippen LogP contribution in [0.25, 0.3) is 0 Å². The van der Waals surface area contributed by atoms with Gasteiger partial charge in [-0.3, -0.25) is 9.79 Å². The zero-order valence-electron chi connectivity index (χ0n) is 19.9. The zero-order valence-corrected chi connectivity index (χ0v) is 22.3. The van der Waals surface area contributed by atoms with Crippen molar-refractivity contribution in [1.29, 1.82) is 0 Å². The van der Waals surface area contributed by atoms with Crippen molar-refractivity contribution < 1.29 is 9.53 Å². The molecule has 1 aliphatic heterocycles. The van der Waals surface area contributed by atoms with Crippen molar-refractivity contribution in [2.45, 2.75) is 32.1 Å². The van der Waals surface area contributed by atoms with Gasteiger partial charge >= 0.3 is 0 Å². The van der Waals surface area contributed by atoms with E-state index in [0.29, 0.717) is 18.3 Å². The van der Waals surface area contributed by atoms with Gasteiger partial charge in [-0.25, -0.2) is 0 Å². The first-order chi connectivity index (χ1) is 15.6. The van der Waals surface area contributed by atoms with Crippen LogP contribution in [0.3, 0.4) is 0 Å². The fourth-order valence-corrected chi connectivity index (χ4v) is 4.08. The van der Waals surface area contributed by atoms with Gasteiger partial charge in [0.15, 0.2) is 5.96 Å². The summed E-state index contributed by atoms with van der Waals surface area (Å²) in [5.41, 5.74) is 2.57. The summed E-state index contributed by atoms with van der Waals surface area (Å²) < 4.78 is 5.23. The molecule has 33 heavy (non-hydrogen) atoms. The molecule has 1 fully saturated rings. The molecule has 2 aromatic rings. The maximum Gasteiger partial charge on any atom is 0.223 e. The summed E-state index contributed by atoms with van der Waals surface area (Å²) in [6.07, 6.45) is 2.51. The third-order valence-electron chi connectivity index (χ3n) is 6.14. The number of methoxy groups -OCH3 is 1. The molecule has 0 aromatic heterocycles. The van der Waals surface area contributed by atoms with Crippen molar-refractivity contribution in [1.82, 2.24) is 15.5 Å². The van der Waals surface area contributed by atoms with Crippen LogP contribution in [0.1, 0.15) is 36.8 Å². The molecule has 1 aliphatic rings. The molecule has 1 heterocycles. The number of ether oxygens (including phenoxy) is 1. The van der Waals surface area contributed by atoms with Crippen LogP contribution in [0.2, 0.25) is 0 Å². The van der Waals surface area contributed by atoms with Crippen LogP contribution >= 0.6 is 24.0 Å². The quantitative estimate of drug-likeness (QED) is 0.260. The van der Waals surface area contributed by atoms with Gasteiger partial charge in [0.25, 0.3) is 0 Å². The summed E-state index contributed by atoms with van der Waals surface area (Å²) in [5, 5.41) is 6.80. The lowest BCUT2D eigenvalue weighted by molar-refractivity contribution is -0.127. The van der Waals surface area contributed by atoms with Crippen LogP contribution in [-0.2, 0) is 11.2 Å². The smallest absolute Gasteiger partial charge is 0.223 e. The van der Waals surface area contributed by atoms with E-state index in [9.17, 15) is 4.79 Å². The van der Waals surface area contributed by atoms with Crippen LogP contribution in [0.5, 0.6) is 5.75 Å². The average Bonchev–Trinajstić information content (AvgIpc) is 3.19. The number of carbonyl (C=O) groups is 1. The van der Waals surface area contributed by atoms with Crippen molar-refractivity contribution >= 4 is 35.8 Å². The number of benzene rings is 2. The van der Waals surface area contributed by atoms with Crippen molar-refractivity contribution in [2.75, 3.05) is 40.3 Å². The first kappa shape index (κ1) is 27.0. The number of hydrogen-bond acceptors (Lipinski definition) is 3. The molecule has 2 atom stereocenters. The molecule has 3 rings (SSSR count). The normalized spacial score (nSPS) is 16.8. The lowest BCUT2D eigenvalue weighted by Gasteiger charge is -2.18. The maximum absolute atomic E-state index is 12.4. The molecule has 0 bridgehead atoms. The van der Waals surface area contributed by atoms with Gasteiger partial charge in [-0.1, -0.05) is 49.4 Å². The van der Waals surface area contributed by atoms with Gasteiger partial charge in [0.05, 0.1) is 7.11 Å². The molecule has 1 saturated heterocycles. The lowest BCUT2D eigenvalue weighted by atomic mass is 9.98. The number of aliphatic imine (C=N–C) groups is 1. The first-order valence-corrected chi connectivity index (χ1v) is 11.5. The lowest BCUT2D eigenvalue weighted by Crippen LogP contribution is -2.40. The van der Waals surface area contributed by atoms with Gasteiger partial charge in [-0.15, -0.1) is 24.0 Å². The standard InChI is InChI=1S/C26H36N4O2.HI/c1-20(23-9-11-24(32-3)12-10-23)13-15-28-26(27-2)29-18-22-17-25(31)30(19-22)16-14-21-7-5-4-6-8-21;/h4-12,20,22H,13-19H2,1-3H3,(H2,27,28,29);1H. The molecule has 6 nitrogen and oxygen atoms in total. The first-order valence-electron chi connectivity index (χ1n) is 11.5. The molecular formula is C26H37IN4O2. The third-order valence-corrected chi connectivity index (χ3v) is 6.14. The Labute approximate surface area is 215 Å². The second kappa shape index (κ2) is 14.1. The van der Waals surface area contributed by atoms with E-state index >= 15 is 0 Å². The van der Waals surface area contributed by atoms with Crippen molar-refractivity contribution in [3.05, 3.63) is 65.7 Å². The van der Waals surface area contributed by atoms with Crippen LogP contribution in [0.4, 0.5) is 0 Å². The average molecular weight is 565 g/mol. The number of likely N-dealkylation sites (tertiary alicyclic amines) is 1. The second-order valence-corrected chi connectivity index (χ2v) is 8.49. The van der Waals surface area contributed by atoms with Crippen molar-refractivity contribution in [3.8, 4) is 5.75 Å². The van der Waals surface area contributed by atoms with E-state index < -0.39 is 0 Å². The van der Waals surface area contributed by atoms with E-state index in [0.717, 1.165) is 50.7 Å². The molecule has 2 unspecified atom stereocenters. The molecular weight excluding hydrogens is 527 g/mol. The number of amides is 1. The predicted octanol–water partition coefficient (Wildman–Crippen LogP) is 4.06. The number of carbonyl (C=O) groups excluding carboxylic acids is 1. The molecule has 180 valence electrons. The molecule has 0 aliphatic carbocycles. The van der Waals surface area contributed by atoms with E-state index in [1.807, 2.05) is 35.2 Å². The highest BCUT2D eigenvalue weighted by Crippen LogP contribution is 2.21. The van der Waals surface area contributed by atoms with Gasteiger partial charge in [0, 0.05) is 45.6 Å². The SMILES string of the molecule is CN=C(NCCC(C)c1ccc(OC)cc1)NCC1CC(=O)N(CCc2ccccc2)C1.I.